The molecule has 67 heavy (non-hydrogen) atoms. The third kappa shape index (κ3) is 8.48. The van der Waals surface area contributed by atoms with Gasteiger partial charge in [0.1, 0.15) is 17.8 Å². The van der Waals surface area contributed by atoms with Crippen molar-refractivity contribution in [2.75, 3.05) is 32.8 Å². The summed E-state index contributed by atoms with van der Waals surface area (Å²) in [5.74, 6) is 0.422. The van der Waals surface area contributed by atoms with E-state index in [0.29, 0.717) is 34.6 Å². The molecule has 2 saturated heterocycles. The number of aromatic nitrogens is 4. The minimum Gasteiger partial charge on any atom is -0.475 e. The molecule has 4 aliphatic rings. The van der Waals surface area contributed by atoms with Crippen LogP contribution in [0.3, 0.4) is 0 Å². The van der Waals surface area contributed by atoms with Crippen molar-refractivity contribution in [3.8, 4) is 22.0 Å². The zero-order valence-corrected chi connectivity index (χ0v) is 40.5. The van der Waals surface area contributed by atoms with Gasteiger partial charge in [-0.3, -0.25) is 19.0 Å². The number of aliphatic hydroxyl groups is 1. The third-order valence-electron chi connectivity index (χ3n) is 14.8. The maximum atomic E-state index is 14.3. The fourth-order valence-electron chi connectivity index (χ4n) is 10.8. The van der Waals surface area contributed by atoms with Crippen LogP contribution >= 0.6 is 22.9 Å². The van der Waals surface area contributed by atoms with Crippen molar-refractivity contribution >= 4 is 45.7 Å². The van der Waals surface area contributed by atoms with E-state index in [1.165, 1.54) is 16.0 Å². The van der Waals surface area contributed by atoms with Crippen molar-refractivity contribution in [3.63, 3.8) is 0 Å². The molecule has 4 atom stereocenters. The Kier molecular flexibility index (Phi) is 11.9. The van der Waals surface area contributed by atoms with Gasteiger partial charge in [0.2, 0.25) is 11.8 Å². The molecule has 6 aromatic rings. The Labute approximate surface area is 399 Å². The van der Waals surface area contributed by atoms with Gasteiger partial charge in [0, 0.05) is 31.0 Å². The highest BCUT2D eigenvalue weighted by atomic mass is 35.5. The number of nitrogens with one attached hydrogen (secondary N) is 1. The number of ether oxygens (including phenoxy) is 1. The van der Waals surface area contributed by atoms with E-state index in [2.05, 4.69) is 62.0 Å². The Hall–Kier alpha value is -5.41. The summed E-state index contributed by atoms with van der Waals surface area (Å²) in [7, 11) is 0. The van der Waals surface area contributed by atoms with Crippen LogP contribution in [0.2, 0.25) is 5.02 Å². The van der Waals surface area contributed by atoms with Crippen molar-refractivity contribution in [2.45, 2.75) is 109 Å². The normalized spacial score (nSPS) is 20.8. The van der Waals surface area contributed by atoms with Gasteiger partial charge in [-0.05, 0) is 124 Å². The SMILES string of the molecule is Cc1ncsc1-c1ccc([C@H](C)NC(=O)[C@@H]2C[C@@H](O)CN2C(=O)[C@@H](c2cc(OCC3(CN4CCC(c5ccc6c(c5)C(C)(C)c5nc(=O)c7c(Cl)cccc7n5-6)CC4)CC3)no2)C(C)C)cc1. The lowest BCUT2D eigenvalue weighted by Crippen LogP contribution is -2.48. The van der Waals surface area contributed by atoms with E-state index >= 15 is 0 Å². The Morgan fingerprint density at radius 2 is 1.81 bits per heavy atom. The molecule has 13 nitrogen and oxygen atoms in total. The number of hydrogen-bond acceptors (Lipinski definition) is 11. The maximum Gasteiger partial charge on any atom is 0.282 e. The van der Waals surface area contributed by atoms with Crippen LogP contribution in [-0.2, 0) is 15.0 Å². The molecule has 6 heterocycles. The van der Waals surface area contributed by atoms with E-state index in [1.54, 1.807) is 23.5 Å². The molecule has 3 aromatic carbocycles. The first-order chi connectivity index (χ1) is 32.1. The van der Waals surface area contributed by atoms with E-state index in [-0.39, 0.29) is 47.7 Å². The lowest BCUT2D eigenvalue weighted by atomic mass is 9.81. The average Bonchev–Trinajstić information content (AvgIpc) is 3.61. The number of amides is 2. The van der Waals surface area contributed by atoms with Gasteiger partial charge in [0.25, 0.3) is 11.4 Å². The number of fused-ring (bicyclic) bond motifs is 5. The van der Waals surface area contributed by atoms with Gasteiger partial charge in [-0.1, -0.05) is 67.9 Å². The highest BCUT2D eigenvalue weighted by molar-refractivity contribution is 7.13. The molecule has 2 amide bonds. The zero-order chi connectivity index (χ0) is 46.9. The number of carbonyl (C=O) groups is 2. The Balaban J connectivity index is 0.742. The van der Waals surface area contributed by atoms with Gasteiger partial charge < -0.3 is 29.5 Å². The highest BCUT2D eigenvalue weighted by Gasteiger charge is 2.47. The summed E-state index contributed by atoms with van der Waals surface area (Å²) in [6.45, 7) is 15.6. The van der Waals surface area contributed by atoms with Crippen LogP contribution in [0.15, 0.2) is 81.6 Å². The number of halogens is 1. The second-order valence-electron chi connectivity index (χ2n) is 20.3. The monoisotopic (exact) mass is 943 g/mol. The number of hydrogen-bond donors (Lipinski definition) is 2. The van der Waals surface area contributed by atoms with Gasteiger partial charge in [-0.15, -0.1) is 11.3 Å². The number of nitrogens with zero attached hydrogens (tertiary/aromatic N) is 6. The number of β-amino-alcohol motifs (C(OH)–C–C–N with tert-alkyl or cyclic N) is 1. The minimum atomic E-state index is -0.824. The number of benzene rings is 3. The van der Waals surface area contributed by atoms with Crippen molar-refractivity contribution in [3.05, 3.63) is 122 Å². The predicted molar refractivity (Wildman–Crippen MR) is 259 cm³/mol. The molecule has 15 heteroatoms. The number of aliphatic hydroxyl groups excluding tert-OH is 1. The first-order valence-electron chi connectivity index (χ1n) is 23.6. The van der Waals surface area contributed by atoms with Crippen LogP contribution in [0.5, 0.6) is 5.88 Å². The molecule has 0 unspecified atom stereocenters. The van der Waals surface area contributed by atoms with Gasteiger partial charge in [-0.25, -0.2) is 4.98 Å². The fraction of sp³-hybridized carbons (Fsp3) is 0.462. The number of likely N-dealkylation sites (tertiary alicyclic amines) is 2. The van der Waals surface area contributed by atoms with Crippen molar-refractivity contribution < 1.29 is 24.0 Å². The van der Waals surface area contributed by atoms with E-state index < -0.39 is 23.5 Å². The number of aryl methyl sites for hydroxylation is 1. The molecule has 1 aliphatic carbocycles. The smallest absolute Gasteiger partial charge is 0.282 e. The van der Waals surface area contributed by atoms with Crippen LogP contribution < -0.4 is 15.6 Å². The topological polar surface area (TPSA) is 156 Å². The number of piperidine rings is 1. The quantitative estimate of drug-likeness (QED) is 0.115. The first kappa shape index (κ1) is 45.4. The van der Waals surface area contributed by atoms with Crippen LogP contribution in [0.4, 0.5) is 0 Å². The van der Waals surface area contributed by atoms with E-state index in [4.69, 9.17) is 20.9 Å². The fourth-order valence-corrected chi connectivity index (χ4v) is 11.8. The van der Waals surface area contributed by atoms with Gasteiger partial charge in [-0.2, -0.15) is 4.98 Å². The molecule has 2 N–H and O–H groups in total. The molecule has 10 rings (SSSR count). The van der Waals surface area contributed by atoms with Gasteiger partial charge >= 0.3 is 0 Å². The molecule has 1 saturated carbocycles. The Morgan fingerprint density at radius 3 is 2.51 bits per heavy atom. The molecule has 3 aliphatic heterocycles. The Bertz CT molecular complexity index is 2910. The van der Waals surface area contributed by atoms with Crippen LogP contribution in [0, 0.1) is 18.3 Å². The Morgan fingerprint density at radius 1 is 1.04 bits per heavy atom. The second-order valence-corrected chi connectivity index (χ2v) is 21.5. The molecule has 0 radical (unpaired) electrons. The van der Waals surface area contributed by atoms with Crippen molar-refractivity contribution in [2.24, 2.45) is 11.3 Å². The van der Waals surface area contributed by atoms with E-state index in [9.17, 15) is 19.5 Å². The summed E-state index contributed by atoms with van der Waals surface area (Å²) >= 11 is 8.08. The summed E-state index contributed by atoms with van der Waals surface area (Å²) in [4.78, 5) is 55.3. The van der Waals surface area contributed by atoms with Crippen LogP contribution in [0.1, 0.15) is 119 Å². The first-order valence-corrected chi connectivity index (χ1v) is 24.8. The summed E-state index contributed by atoms with van der Waals surface area (Å²) in [5.41, 5.74) is 8.46. The largest absolute Gasteiger partial charge is 0.475 e. The molecular weight excluding hydrogens is 886 g/mol. The van der Waals surface area contributed by atoms with E-state index in [0.717, 1.165) is 84.0 Å². The standard InChI is InChI=1S/C52H58ClN7O6S/c1-29(2)44(49(64)59-25-36(61)23-41(59)47(62)55-30(3)32-10-12-34(13-11-32)46-31(4)54-28-67-46)42-24-43(57-66-42)65-27-52(18-19-52)26-58-20-16-33(17-21-58)35-14-15-39-37(22-35)51(5,6)50-56-48(63)45-38(53)8-7-9-40(45)60(39)50/h7-15,22,24,28-30,33,36,41,44,61H,16-21,23,25-27H2,1-6H3,(H,55,62)/t30-,36+,41-,44+/m0/s1. The van der Waals surface area contributed by atoms with Crippen molar-refractivity contribution in [1.29, 1.82) is 0 Å². The summed E-state index contributed by atoms with van der Waals surface area (Å²) in [5, 5.41) is 19.0. The van der Waals surface area contributed by atoms with Crippen LogP contribution in [0.25, 0.3) is 27.0 Å². The number of thiazole rings is 1. The highest BCUT2D eigenvalue weighted by Crippen LogP contribution is 2.48. The van der Waals surface area contributed by atoms with Gasteiger partial charge in [0.15, 0.2) is 5.76 Å². The van der Waals surface area contributed by atoms with Gasteiger partial charge in [0.05, 0.1) is 61.9 Å². The second kappa shape index (κ2) is 17.6. The molecule has 350 valence electrons. The van der Waals surface area contributed by atoms with Crippen molar-refractivity contribution in [1.82, 2.24) is 34.8 Å². The number of carbonyl (C=O) groups excluding carboxylic acids is 2. The zero-order valence-electron chi connectivity index (χ0n) is 38.9. The minimum absolute atomic E-state index is 0.0327. The summed E-state index contributed by atoms with van der Waals surface area (Å²) in [6.07, 6.45) is 3.57. The summed E-state index contributed by atoms with van der Waals surface area (Å²) < 4.78 is 14.2. The molecule has 3 aromatic heterocycles. The predicted octanol–water partition coefficient (Wildman–Crippen LogP) is 8.72. The number of rotatable bonds is 13. The third-order valence-corrected chi connectivity index (χ3v) is 16.1. The lowest BCUT2D eigenvalue weighted by molar-refractivity contribution is -0.141. The summed E-state index contributed by atoms with van der Waals surface area (Å²) in [6, 6.07) is 21.0. The van der Waals surface area contributed by atoms with E-state index in [1.807, 2.05) is 69.6 Å². The van der Waals surface area contributed by atoms with Crippen LogP contribution in [-0.4, -0.2) is 91.3 Å². The molecule has 0 spiro atoms. The molecular formula is C52H58ClN7O6S. The average molecular weight is 945 g/mol. The maximum absolute atomic E-state index is 14.3. The lowest BCUT2D eigenvalue weighted by Gasteiger charge is -2.35. The molecule has 3 fully saturated rings. The molecule has 0 bridgehead atoms.